The molecule has 1 aromatic rings. The second-order valence-electron chi connectivity index (χ2n) is 4.44. The molecule has 0 aliphatic rings. The summed E-state index contributed by atoms with van der Waals surface area (Å²) in [5, 5.41) is 7.01. The lowest BCUT2D eigenvalue weighted by atomic mass is 10.2. The molecule has 0 heterocycles. The highest BCUT2D eigenvalue weighted by Gasteiger charge is 2.19. The van der Waals surface area contributed by atoms with Gasteiger partial charge in [-0.25, -0.2) is 9.59 Å². The molecule has 3 N–H and O–H groups in total. The average Bonchev–Trinajstić information content (AvgIpc) is 2.52. The summed E-state index contributed by atoms with van der Waals surface area (Å²) in [5.74, 6) is -2.07. The fraction of sp³-hybridized carbons (Fsp3) is 0.286. The molecular weight excluding hydrogens is 326 g/mol. The molecule has 23 heavy (non-hydrogen) atoms. The van der Waals surface area contributed by atoms with E-state index in [-0.39, 0.29) is 0 Å². The first-order valence-electron chi connectivity index (χ1n) is 6.58. The van der Waals surface area contributed by atoms with Gasteiger partial charge in [0.15, 0.2) is 6.61 Å². The second kappa shape index (κ2) is 8.74. The summed E-state index contributed by atoms with van der Waals surface area (Å²) < 4.78 is 4.70. The van der Waals surface area contributed by atoms with Crippen molar-refractivity contribution in [2.24, 2.45) is 0 Å². The maximum Gasteiger partial charge on any atom is 0.328 e. The molecule has 0 aliphatic heterocycles. The number of benzene rings is 1. The van der Waals surface area contributed by atoms with Crippen molar-refractivity contribution in [1.82, 2.24) is 16.0 Å². The highest BCUT2D eigenvalue weighted by atomic mass is 35.5. The lowest BCUT2D eigenvalue weighted by Gasteiger charge is -2.13. The van der Waals surface area contributed by atoms with Crippen LogP contribution in [-0.4, -0.2) is 43.5 Å². The van der Waals surface area contributed by atoms with Gasteiger partial charge in [-0.05, 0) is 31.2 Å². The summed E-state index contributed by atoms with van der Waals surface area (Å²) in [6.07, 6.45) is 0. The number of imide groups is 1. The minimum absolute atomic E-state index is 0.325. The van der Waals surface area contributed by atoms with Crippen LogP contribution in [0, 0.1) is 0 Å². The van der Waals surface area contributed by atoms with Crippen LogP contribution in [-0.2, 0) is 14.3 Å². The zero-order chi connectivity index (χ0) is 17.4. The molecule has 4 amide bonds. The van der Waals surface area contributed by atoms with E-state index in [0.717, 1.165) is 0 Å². The highest BCUT2D eigenvalue weighted by molar-refractivity contribution is 6.30. The molecular formula is C14H16ClN3O5. The Morgan fingerprint density at radius 2 is 1.78 bits per heavy atom. The van der Waals surface area contributed by atoms with Crippen molar-refractivity contribution < 1.29 is 23.9 Å². The average molecular weight is 342 g/mol. The molecule has 0 aromatic heterocycles. The van der Waals surface area contributed by atoms with E-state index in [2.05, 4.69) is 10.6 Å². The zero-order valence-electron chi connectivity index (χ0n) is 12.5. The highest BCUT2D eigenvalue weighted by Crippen LogP contribution is 2.09. The fourth-order valence-electron chi connectivity index (χ4n) is 1.43. The van der Waals surface area contributed by atoms with Crippen LogP contribution >= 0.6 is 11.6 Å². The van der Waals surface area contributed by atoms with Gasteiger partial charge in [-0.1, -0.05) is 11.6 Å². The summed E-state index contributed by atoms with van der Waals surface area (Å²) in [6, 6.07) is 4.42. The van der Waals surface area contributed by atoms with E-state index in [1.54, 1.807) is 12.1 Å². The van der Waals surface area contributed by atoms with E-state index in [9.17, 15) is 19.2 Å². The molecule has 0 spiro atoms. The predicted octanol–water partition coefficient (Wildman–Crippen LogP) is 0.457. The van der Waals surface area contributed by atoms with Crippen LogP contribution in [0.3, 0.4) is 0 Å². The van der Waals surface area contributed by atoms with Crippen LogP contribution in [0.1, 0.15) is 17.3 Å². The van der Waals surface area contributed by atoms with Gasteiger partial charge in [0, 0.05) is 17.6 Å². The molecule has 8 nitrogen and oxygen atoms in total. The van der Waals surface area contributed by atoms with Gasteiger partial charge < -0.3 is 15.4 Å². The second-order valence-corrected chi connectivity index (χ2v) is 4.87. The van der Waals surface area contributed by atoms with Crippen molar-refractivity contribution >= 4 is 35.4 Å². The number of hydrogen-bond donors (Lipinski definition) is 3. The third kappa shape index (κ3) is 6.35. The molecule has 0 bridgehead atoms. The van der Waals surface area contributed by atoms with Gasteiger partial charge in [-0.15, -0.1) is 0 Å². The van der Waals surface area contributed by atoms with Crippen LogP contribution in [0.5, 0.6) is 0 Å². The lowest BCUT2D eigenvalue weighted by molar-refractivity contribution is -0.149. The van der Waals surface area contributed by atoms with Gasteiger partial charge in [0.2, 0.25) is 0 Å². The van der Waals surface area contributed by atoms with Crippen LogP contribution in [0.15, 0.2) is 24.3 Å². The molecule has 1 aromatic carbocycles. The van der Waals surface area contributed by atoms with Crippen LogP contribution in [0.2, 0.25) is 5.02 Å². The topological polar surface area (TPSA) is 114 Å². The first-order chi connectivity index (χ1) is 10.8. The Morgan fingerprint density at radius 1 is 1.17 bits per heavy atom. The summed E-state index contributed by atoms with van der Waals surface area (Å²) in [5.41, 5.74) is 0.325. The van der Waals surface area contributed by atoms with Gasteiger partial charge in [0.05, 0.1) is 0 Å². The van der Waals surface area contributed by atoms with E-state index in [4.69, 9.17) is 16.3 Å². The molecule has 0 fully saturated rings. The first-order valence-corrected chi connectivity index (χ1v) is 6.96. The number of carbonyl (C=O) groups excluding carboxylic acids is 4. The Bertz CT molecular complexity index is 603. The van der Waals surface area contributed by atoms with Crippen molar-refractivity contribution in [2.75, 3.05) is 13.7 Å². The number of carbonyl (C=O) groups is 4. The zero-order valence-corrected chi connectivity index (χ0v) is 13.3. The van der Waals surface area contributed by atoms with Gasteiger partial charge in [-0.3, -0.25) is 14.9 Å². The largest absolute Gasteiger partial charge is 0.454 e. The van der Waals surface area contributed by atoms with Gasteiger partial charge in [0.1, 0.15) is 6.04 Å². The molecule has 0 unspecified atom stereocenters. The summed E-state index contributed by atoms with van der Waals surface area (Å²) in [7, 11) is 1.34. The third-order valence-electron chi connectivity index (χ3n) is 2.63. The Balaban J connectivity index is 2.44. The Labute approximate surface area is 137 Å². The molecule has 9 heteroatoms. The fourth-order valence-corrected chi connectivity index (χ4v) is 1.55. The molecule has 0 saturated heterocycles. The van der Waals surface area contributed by atoms with Gasteiger partial charge in [-0.2, -0.15) is 0 Å². The number of esters is 1. The minimum atomic E-state index is -0.967. The normalized spacial score (nSPS) is 11.1. The van der Waals surface area contributed by atoms with E-state index in [1.807, 2.05) is 5.32 Å². The maximum atomic E-state index is 11.9. The van der Waals surface area contributed by atoms with Gasteiger partial charge in [0.25, 0.3) is 11.8 Å². The van der Waals surface area contributed by atoms with Crippen molar-refractivity contribution in [3.05, 3.63) is 34.9 Å². The van der Waals surface area contributed by atoms with E-state index >= 15 is 0 Å². The SMILES string of the molecule is CNC(=O)NC(=O)COC(=O)[C@H](C)NC(=O)c1ccc(Cl)cc1. The van der Waals surface area contributed by atoms with Gasteiger partial charge >= 0.3 is 12.0 Å². The maximum absolute atomic E-state index is 11.9. The van der Waals surface area contributed by atoms with Crippen molar-refractivity contribution in [3.8, 4) is 0 Å². The minimum Gasteiger partial charge on any atom is -0.454 e. The number of halogens is 1. The van der Waals surface area contributed by atoms with Crippen molar-refractivity contribution in [3.63, 3.8) is 0 Å². The monoisotopic (exact) mass is 341 g/mol. The molecule has 1 atom stereocenters. The first kappa shape index (κ1) is 18.4. The number of amides is 4. The Hall–Kier alpha value is -2.61. The van der Waals surface area contributed by atoms with Crippen LogP contribution in [0.25, 0.3) is 0 Å². The van der Waals surface area contributed by atoms with Crippen LogP contribution in [0.4, 0.5) is 4.79 Å². The quantitative estimate of drug-likeness (QED) is 0.673. The molecule has 0 saturated carbocycles. The van der Waals surface area contributed by atoms with E-state index < -0.39 is 36.5 Å². The molecule has 0 aliphatic carbocycles. The summed E-state index contributed by atoms with van der Waals surface area (Å²) >= 11 is 5.72. The number of nitrogens with one attached hydrogen (secondary N) is 3. The Morgan fingerprint density at radius 3 is 2.35 bits per heavy atom. The van der Waals surface area contributed by atoms with Crippen LogP contribution < -0.4 is 16.0 Å². The molecule has 0 radical (unpaired) electrons. The third-order valence-corrected chi connectivity index (χ3v) is 2.89. The predicted molar refractivity (Wildman–Crippen MR) is 81.9 cm³/mol. The molecule has 1 rings (SSSR count). The van der Waals surface area contributed by atoms with Crippen molar-refractivity contribution in [1.29, 1.82) is 0 Å². The number of hydrogen-bond acceptors (Lipinski definition) is 5. The summed E-state index contributed by atoms with van der Waals surface area (Å²) in [4.78, 5) is 45.7. The van der Waals surface area contributed by atoms with Crippen molar-refractivity contribution in [2.45, 2.75) is 13.0 Å². The number of urea groups is 1. The lowest BCUT2D eigenvalue weighted by Crippen LogP contribution is -2.43. The molecule has 124 valence electrons. The summed E-state index contributed by atoms with van der Waals surface area (Å²) in [6.45, 7) is 0.778. The van der Waals surface area contributed by atoms with E-state index in [1.165, 1.54) is 26.1 Å². The number of rotatable bonds is 5. The Kier molecular flexibility index (Phi) is 7.01. The number of ether oxygens (including phenoxy) is 1. The standard InChI is InChI=1S/C14H16ClN3O5/c1-8(13(21)23-7-11(19)18-14(22)16-2)17-12(20)9-3-5-10(15)6-4-9/h3-6,8H,7H2,1-2H3,(H,17,20)(H2,16,18,19,22)/t8-/m0/s1. The smallest absolute Gasteiger partial charge is 0.328 e. The van der Waals surface area contributed by atoms with E-state index in [0.29, 0.717) is 10.6 Å².